The molecule has 1 atom stereocenters. The van der Waals surface area contributed by atoms with Crippen LogP contribution < -0.4 is 5.73 Å². The van der Waals surface area contributed by atoms with Gasteiger partial charge < -0.3 is 24.3 Å². The van der Waals surface area contributed by atoms with Gasteiger partial charge in [0.15, 0.2) is 0 Å². The first-order valence-electron chi connectivity index (χ1n) is 10.3. The third-order valence-electron chi connectivity index (χ3n) is 4.99. The highest BCUT2D eigenvalue weighted by molar-refractivity contribution is 7.58. The average Bonchev–Trinajstić information content (AvgIpc) is 2.83. The summed E-state index contributed by atoms with van der Waals surface area (Å²) in [5.74, 6) is -1.28. The van der Waals surface area contributed by atoms with Crippen molar-refractivity contribution < 1.29 is 27.9 Å². The standard InChI is InChI=1S/C24H25N2O6P/c1-4-30-33(28,31-5-2)22-20(16-11-13-18(14-12-16)24(27)29-3)19(15-25)23(26)32-21(22)17-9-7-6-8-10-17/h6-14,20H,4-5,26H2,1-3H3/t20-/m0/s1. The molecule has 9 heteroatoms. The summed E-state index contributed by atoms with van der Waals surface area (Å²) in [7, 11) is -2.64. The van der Waals surface area contributed by atoms with Gasteiger partial charge in [-0.2, -0.15) is 5.26 Å². The van der Waals surface area contributed by atoms with Crippen LogP contribution >= 0.6 is 7.60 Å². The smallest absolute Gasteiger partial charge is 0.362 e. The monoisotopic (exact) mass is 468 g/mol. The van der Waals surface area contributed by atoms with E-state index in [9.17, 15) is 14.6 Å². The minimum atomic E-state index is -3.93. The summed E-state index contributed by atoms with van der Waals surface area (Å²) in [4.78, 5) is 11.9. The number of benzene rings is 2. The van der Waals surface area contributed by atoms with Crippen LogP contribution in [-0.4, -0.2) is 26.3 Å². The molecule has 0 amide bonds. The molecule has 2 aromatic carbocycles. The van der Waals surface area contributed by atoms with Gasteiger partial charge in [-0.3, -0.25) is 4.57 Å². The minimum Gasteiger partial charge on any atom is -0.465 e. The van der Waals surface area contributed by atoms with Gasteiger partial charge >= 0.3 is 13.6 Å². The summed E-state index contributed by atoms with van der Waals surface area (Å²) in [6, 6.07) is 17.5. The van der Waals surface area contributed by atoms with Crippen LogP contribution in [-0.2, 0) is 23.1 Å². The highest BCUT2D eigenvalue weighted by Gasteiger charge is 2.45. The van der Waals surface area contributed by atoms with Crippen molar-refractivity contribution in [1.29, 1.82) is 5.26 Å². The van der Waals surface area contributed by atoms with Gasteiger partial charge in [0.25, 0.3) is 0 Å². The topological polar surface area (TPSA) is 121 Å². The third kappa shape index (κ3) is 4.86. The van der Waals surface area contributed by atoms with Crippen molar-refractivity contribution in [1.82, 2.24) is 0 Å². The zero-order valence-corrected chi connectivity index (χ0v) is 19.5. The van der Waals surface area contributed by atoms with Crippen LogP contribution in [0.25, 0.3) is 5.76 Å². The van der Waals surface area contributed by atoms with Gasteiger partial charge in [0, 0.05) is 5.56 Å². The summed E-state index contributed by atoms with van der Waals surface area (Å²) >= 11 is 0. The Labute approximate surface area is 192 Å². The fourth-order valence-electron chi connectivity index (χ4n) is 3.60. The first-order valence-corrected chi connectivity index (χ1v) is 11.9. The molecule has 0 spiro atoms. The average molecular weight is 468 g/mol. The van der Waals surface area contributed by atoms with Crippen molar-refractivity contribution in [2.45, 2.75) is 19.8 Å². The number of ether oxygens (including phenoxy) is 2. The van der Waals surface area contributed by atoms with E-state index in [1.807, 2.05) is 6.07 Å². The fraction of sp³-hybridized carbons (Fsp3) is 0.250. The van der Waals surface area contributed by atoms with Gasteiger partial charge in [-0.05, 0) is 31.5 Å². The molecule has 1 aliphatic heterocycles. The van der Waals surface area contributed by atoms with Crippen molar-refractivity contribution in [2.24, 2.45) is 5.73 Å². The van der Waals surface area contributed by atoms with Gasteiger partial charge in [0.1, 0.15) is 17.4 Å². The Balaban J connectivity index is 2.32. The maximum Gasteiger partial charge on any atom is 0.362 e. The summed E-state index contributed by atoms with van der Waals surface area (Å²) < 4.78 is 36.1. The Morgan fingerprint density at radius 3 is 2.21 bits per heavy atom. The molecule has 0 aliphatic carbocycles. The number of nitrogens with two attached hydrogens (primary N) is 1. The number of nitrogens with zero attached hydrogens (tertiary/aromatic N) is 1. The van der Waals surface area contributed by atoms with Crippen molar-refractivity contribution >= 4 is 19.3 Å². The van der Waals surface area contributed by atoms with E-state index in [0.717, 1.165) is 0 Å². The highest BCUT2D eigenvalue weighted by Crippen LogP contribution is 2.65. The number of nitriles is 1. The number of esters is 1. The Kier molecular flexibility index (Phi) is 7.72. The Morgan fingerprint density at radius 2 is 1.70 bits per heavy atom. The van der Waals surface area contributed by atoms with Crippen molar-refractivity contribution in [2.75, 3.05) is 20.3 Å². The van der Waals surface area contributed by atoms with E-state index in [-0.39, 0.29) is 35.7 Å². The van der Waals surface area contributed by atoms with Gasteiger partial charge in [-0.15, -0.1) is 0 Å². The van der Waals surface area contributed by atoms with Crippen molar-refractivity contribution in [3.05, 3.63) is 88.1 Å². The number of hydrogen-bond donors (Lipinski definition) is 1. The second-order valence-corrected chi connectivity index (χ2v) is 8.94. The number of rotatable bonds is 8. The van der Waals surface area contributed by atoms with E-state index >= 15 is 0 Å². The van der Waals surface area contributed by atoms with Crippen LogP contribution in [0.4, 0.5) is 0 Å². The molecule has 1 aliphatic rings. The maximum atomic E-state index is 14.1. The highest BCUT2D eigenvalue weighted by atomic mass is 31.2. The van der Waals surface area contributed by atoms with E-state index in [2.05, 4.69) is 6.07 Å². The van der Waals surface area contributed by atoms with Gasteiger partial charge in [0.2, 0.25) is 5.88 Å². The van der Waals surface area contributed by atoms with Crippen LogP contribution in [0.15, 0.2) is 71.4 Å². The quantitative estimate of drug-likeness (QED) is 0.428. The molecule has 2 N–H and O–H groups in total. The zero-order chi connectivity index (χ0) is 24.0. The lowest BCUT2D eigenvalue weighted by Crippen LogP contribution is -2.22. The number of carbonyl (C=O) groups is 1. The lowest BCUT2D eigenvalue weighted by Gasteiger charge is -2.32. The van der Waals surface area contributed by atoms with E-state index < -0.39 is 19.5 Å². The second-order valence-electron chi connectivity index (χ2n) is 6.95. The second kappa shape index (κ2) is 10.5. The molecule has 172 valence electrons. The largest absolute Gasteiger partial charge is 0.465 e. The van der Waals surface area contributed by atoms with E-state index in [1.165, 1.54) is 7.11 Å². The first-order chi connectivity index (χ1) is 15.9. The zero-order valence-electron chi connectivity index (χ0n) is 18.6. The Hall–Kier alpha value is -3.37. The normalized spacial score (nSPS) is 16.2. The minimum absolute atomic E-state index is 0.0649. The van der Waals surface area contributed by atoms with Crippen LogP contribution in [0.1, 0.15) is 41.3 Å². The first kappa shape index (κ1) is 24.3. The molecule has 0 saturated heterocycles. The molecule has 0 saturated carbocycles. The number of methoxy groups -OCH3 is 1. The molecule has 3 rings (SSSR count). The summed E-state index contributed by atoms with van der Waals surface area (Å²) in [6.45, 7) is 3.62. The third-order valence-corrected chi connectivity index (χ3v) is 7.23. The molecule has 0 unspecified atom stereocenters. The Morgan fingerprint density at radius 1 is 1.09 bits per heavy atom. The molecule has 0 bridgehead atoms. The Bertz CT molecular complexity index is 1160. The predicted molar refractivity (Wildman–Crippen MR) is 123 cm³/mol. The number of allylic oxidation sites excluding steroid dienone is 2. The molecule has 33 heavy (non-hydrogen) atoms. The summed E-state index contributed by atoms with van der Waals surface area (Å²) in [6.07, 6.45) is 0. The lowest BCUT2D eigenvalue weighted by atomic mass is 9.88. The molecule has 8 nitrogen and oxygen atoms in total. The fourth-order valence-corrected chi connectivity index (χ4v) is 5.65. The summed E-state index contributed by atoms with van der Waals surface area (Å²) in [5, 5.41) is 10.1. The molecule has 2 aromatic rings. The maximum absolute atomic E-state index is 14.1. The predicted octanol–water partition coefficient (Wildman–Crippen LogP) is 4.92. The summed E-state index contributed by atoms with van der Waals surface area (Å²) in [5.41, 5.74) is 7.71. The lowest BCUT2D eigenvalue weighted by molar-refractivity contribution is 0.0600. The van der Waals surface area contributed by atoms with Gasteiger partial charge in [0.05, 0.1) is 37.1 Å². The van der Waals surface area contributed by atoms with E-state index in [0.29, 0.717) is 16.7 Å². The molecular formula is C24H25N2O6P. The SMILES string of the molecule is CCOP(=O)(OCC)C1=C(c2ccccc2)OC(N)=C(C#N)[C@@H]1c1ccc(C(=O)OC)cc1. The van der Waals surface area contributed by atoms with Gasteiger partial charge in [-0.25, -0.2) is 4.79 Å². The molecule has 0 fully saturated rings. The molecule has 0 radical (unpaired) electrons. The van der Waals surface area contributed by atoms with Crippen LogP contribution in [0.2, 0.25) is 0 Å². The van der Waals surface area contributed by atoms with Crippen LogP contribution in [0, 0.1) is 11.3 Å². The van der Waals surface area contributed by atoms with Crippen LogP contribution in [0.3, 0.4) is 0 Å². The molecule has 0 aromatic heterocycles. The van der Waals surface area contributed by atoms with E-state index in [1.54, 1.807) is 62.4 Å². The van der Waals surface area contributed by atoms with Crippen LogP contribution in [0.5, 0.6) is 0 Å². The number of carbonyl (C=O) groups excluding carboxylic acids is 1. The molecule has 1 heterocycles. The number of hydrogen-bond acceptors (Lipinski definition) is 8. The molecular weight excluding hydrogens is 443 g/mol. The van der Waals surface area contributed by atoms with Crippen molar-refractivity contribution in [3.8, 4) is 6.07 Å². The van der Waals surface area contributed by atoms with Gasteiger partial charge in [-0.1, -0.05) is 42.5 Å². The van der Waals surface area contributed by atoms with E-state index in [4.69, 9.17) is 24.3 Å². The van der Waals surface area contributed by atoms with Crippen molar-refractivity contribution in [3.63, 3.8) is 0 Å².